The summed E-state index contributed by atoms with van der Waals surface area (Å²) in [5, 5.41) is 6.92. The number of nitrogens with one attached hydrogen (secondary N) is 2. The van der Waals surface area contributed by atoms with Crippen molar-refractivity contribution in [1.29, 1.82) is 0 Å². The van der Waals surface area contributed by atoms with Gasteiger partial charge in [-0.1, -0.05) is 11.6 Å². The van der Waals surface area contributed by atoms with Gasteiger partial charge in [0, 0.05) is 16.1 Å². The molecule has 2 rings (SSSR count). The molecular weight excluding hydrogens is 339 g/mol. The predicted octanol–water partition coefficient (Wildman–Crippen LogP) is 3.01. The first-order chi connectivity index (χ1) is 8.16. The van der Waals surface area contributed by atoms with E-state index in [1.807, 2.05) is 0 Å². The zero-order valence-electron chi connectivity index (χ0n) is 9.71. The predicted molar refractivity (Wildman–Crippen MR) is 79.8 cm³/mol. The van der Waals surface area contributed by atoms with Crippen LogP contribution in [-0.2, 0) is 0 Å². The molecule has 6 heteroatoms. The summed E-state index contributed by atoms with van der Waals surface area (Å²) in [7, 11) is 0. The van der Waals surface area contributed by atoms with Gasteiger partial charge < -0.3 is 10.6 Å². The van der Waals surface area contributed by atoms with Crippen LogP contribution in [0.1, 0.15) is 23.2 Å². The van der Waals surface area contributed by atoms with Gasteiger partial charge in [0.15, 0.2) is 0 Å². The van der Waals surface area contributed by atoms with Crippen LogP contribution in [0.3, 0.4) is 0 Å². The molecule has 0 radical (unpaired) electrons. The van der Waals surface area contributed by atoms with Crippen molar-refractivity contribution < 1.29 is 4.79 Å². The van der Waals surface area contributed by atoms with E-state index in [1.165, 1.54) is 0 Å². The second-order valence-electron chi connectivity index (χ2n) is 4.13. The molecule has 0 aliphatic carbocycles. The van der Waals surface area contributed by atoms with E-state index in [1.54, 1.807) is 18.2 Å². The Hall–Kier alpha value is -0.290. The van der Waals surface area contributed by atoms with Crippen LogP contribution in [0.5, 0.6) is 0 Å². The third-order valence-corrected chi connectivity index (χ3v) is 4.07. The summed E-state index contributed by atoms with van der Waals surface area (Å²) in [5.74, 6) is -0.0331. The Labute approximate surface area is 126 Å². The molecule has 18 heavy (non-hydrogen) atoms. The van der Waals surface area contributed by atoms with E-state index < -0.39 is 0 Å². The minimum Gasteiger partial charge on any atom is -0.349 e. The van der Waals surface area contributed by atoms with Crippen LogP contribution < -0.4 is 10.6 Å². The quantitative estimate of drug-likeness (QED) is 0.858. The molecule has 0 saturated carbocycles. The number of carbonyl (C=O) groups is 1. The molecule has 1 saturated heterocycles. The van der Waals surface area contributed by atoms with Crippen molar-refractivity contribution >= 4 is 45.8 Å². The molecule has 1 fully saturated rings. The monoisotopic (exact) mass is 352 g/mol. The van der Waals surface area contributed by atoms with Gasteiger partial charge in [0.25, 0.3) is 5.91 Å². The van der Waals surface area contributed by atoms with E-state index in [9.17, 15) is 4.79 Å². The highest BCUT2D eigenvalue weighted by molar-refractivity contribution is 9.10. The smallest absolute Gasteiger partial charge is 0.251 e. The first-order valence-corrected chi connectivity index (χ1v) is 6.80. The molecule has 1 aromatic rings. The van der Waals surface area contributed by atoms with Crippen molar-refractivity contribution in [3.8, 4) is 0 Å². The Morgan fingerprint density at radius 1 is 1.39 bits per heavy atom. The summed E-state index contributed by atoms with van der Waals surface area (Å²) in [6.45, 7) is 1.94. The van der Waals surface area contributed by atoms with Crippen molar-refractivity contribution in [2.24, 2.45) is 0 Å². The summed E-state index contributed by atoms with van der Waals surface area (Å²) >= 11 is 9.21. The van der Waals surface area contributed by atoms with E-state index in [2.05, 4.69) is 26.6 Å². The average molecular weight is 354 g/mol. The summed E-state index contributed by atoms with van der Waals surface area (Å²) in [5.41, 5.74) is 0.639. The number of amides is 1. The van der Waals surface area contributed by atoms with Gasteiger partial charge in [-0.05, 0) is 60.1 Å². The molecular formula is C12H15BrCl2N2O. The fourth-order valence-corrected chi connectivity index (χ4v) is 2.37. The van der Waals surface area contributed by atoms with Crippen LogP contribution >= 0.6 is 39.9 Å². The SMILES string of the molecule is Cl.O=C(NC1CCNCC1)c1ccc(Cl)c(Br)c1. The van der Waals surface area contributed by atoms with E-state index in [0.717, 1.165) is 30.4 Å². The maximum absolute atomic E-state index is 12.0. The molecule has 0 aromatic heterocycles. The minimum atomic E-state index is -0.0331. The van der Waals surface area contributed by atoms with Crippen molar-refractivity contribution in [2.45, 2.75) is 18.9 Å². The first-order valence-electron chi connectivity index (χ1n) is 5.63. The lowest BCUT2D eigenvalue weighted by atomic mass is 10.1. The highest BCUT2D eigenvalue weighted by Crippen LogP contribution is 2.23. The van der Waals surface area contributed by atoms with Crippen molar-refractivity contribution in [2.75, 3.05) is 13.1 Å². The molecule has 1 heterocycles. The zero-order chi connectivity index (χ0) is 12.3. The van der Waals surface area contributed by atoms with E-state index in [0.29, 0.717) is 10.6 Å². The van der Waals surface area contributed by atoms with Gasteiger partial charge in [0.1, 0.15) is 0 Å². The van der Waals surface area contributed by atoms with Crippen LogP contribution in [0.25, 0.3) is 0 Å². The summed E-state index contributed by atoms with van der Waals surface area (Å²) < 4.78 is 0.747. The van der Waals surface area contributed by atoms with Crippen LogP contribution in [0, 0.1) is 0 Å². The zero-order valence-corrected chi connectivity index (χ0v) is 12.9. The first kappa shape index (κ1) is 15.8. The molecule has 100 valence electrons. The molecule has 0 atom stereocenters. The number of rotatable bonds is 2. The number of hydrogen-bond acceptors (Lipinski definition) is 2. The van der Waals surface area contributed by atoms with Crippen molar-refractivity contribution in [3.63, 3.8) is 0 Å². The molecule has 1 aliphatic rings. The molecule has 0 spiro atoms. The summed E-state index contributed by atoms with van der Waals surface area (Å²) in [6, 6.07) is 5.49. The lowest BCUT2D eigenvalue weighted by molar-refractivity contribution is 0.0929. The summed E-state index contributed by atoms with van der Waals surface area (Å²) in [4.78, 5) is 12.0. The topological polar surface area (TPSA) is 41.1 Å². The Balaban J connectivity index is 0.00000162. The number of hydrogen-bond donors (Lipinski definition) is 2. The normalized spacial score (nSPS) is 15.9. The molecule has 3 nitrogen and oxygen atoms in total. The number of carbonyl (C=O) groups excluding carboxylic acids is 1. The third-order valence-electron chi connectivity index (χ3n) is 2.86. The number of benzene rings is 1. The van der Waals surface area contributed by atoms with Crippen LogP contribution in [0.15, 0.2) is 22.7 Å². The van der Waals surface area contributed by atoms with Crippen molar-refractivity contribution in [1.82, 2.24) is 10.6 Å². The van der Waals surface area contributed by atoms with Gasteiger partial charge in [-0.15, -0.1) is 12.4 Å². The molecule has 1 aliphatic heterocycles. The fourth-order valence-electron chi connectivity index (χ4n) is 1.87. The second kappa shape index (κ2) is 7.34. The van der Waals surface area contributed by atoms with E-state index >= 15 is 0 Å². The van der Waals surface area contributed by atoms with Gasteiger partial charge >= 0.3 is 0 Å². The minimum absolute atomic E-state index is 0. The standard InChI is InChI=1S/C12H14BrClN2O.ClH/c13-10-7-8(1-2-11(10)14)12(17)16-9-3-5-15-6-4-9;/h1-2,7,9,15H,3-6H2,(H,16,17);1H. The van der Waals surface area contributed by atoms with Gasteiger partial charge in [0.2, 0.25) is 0 Å². The number of piperidine rings is 1. The van der Waals surface area contributed by atoms with Gasteiger partial charge in [-0.2, -0.15) is 0 Å². The molecule has 0 bridgehead atoms. The van der Waals surface area contributed by atoms with E-state index in [4.69, 9.17) is 11.6 Å². The maximum atomic E-state index is 12.0. The van der Waals surface area contributed by atoms with Gasteiger partial charge in [-0.3, -0.25) is 4.79 Å². The van der Waals surface area contributed by atoms with E-state index in [-0.39, 0.29) is 24.4 Å². The van der Waals surface area contributed by atoms with Gasteiger partial charge in [-0.25, -0.2) is 0 Å². The molecule has 2 N–H and O–H groups in total. The summed E-state index contributed by atoms with van der Waals surface area (Å²) in [6.07, 6.45) is 1.97. The highest BCUT2D eigenvalue weighted by Gasteiger charge is 2.16. The Morgan fingerprint density at radius 3 is 2.67 bits per heavy atom. The highest BCUT2D eigenvalue weighted by atomic mass is 79.9. The lowest BCUT2D eigenvalue weighted by Gasteiger charge is -2.23. The van der Waals surface area contributed by atoms with Gasteiger partial charge in [0.05, 0.1) is 5.02 Å². The van der Waals surface area contributed by atoms with Crippen LogP contribution in [0.4, 0.5) is 0 Å². The Morgan fingerprint density at radius 2 is 2.06 bits per heavy atom. The van der Waals surface area contributed by atoms with Crippen molar-refractivity contribution in [3.05, 3.63) is 33.3 Å². The third kappa shape index (κ3) is 4.12. The maximum Gasteiger partial charge on any atom is 0.251 e. The lowest BCUT2D eigenvalue weighted by Crippen LogP contribution is -2.42. The molecule has 0 unspecified atom stereocenters. The average Bonchev–Trinajstić information content (AvgIpc) is 2.34. The Kier molecular flexibility index (Phi) is 6.43. The van der Waals surface area contributed by atoms with Crippen LogP contribution in [0.2, 0.25) is 5.02 Å². The number of halogens is 3. The molecule has 1 amide bonds. The fraction of sp³-hybridized carbons (Fsp3) is 0.417. The Bertz CT molecular complexity index is 423. The largest absolute Gasteiger partial charge is 0.349 e. The van der Waals surface area contributed by atoms with Crippen LogP contribution in [-0.4, -0.2) is 25.0 Å². The molecule has 1 aromatic carbocycles. The second-order valence-corrected chi connectivity index (χ2v) is 5.39.